The number of carbonyl (C=O) groups excluding carboxylic acids is 1. The number of benzene rings is 1. The highest BCUT2D eigenvalue weighted by atomic mass is 127. The van der Waals surface area contributed by atoms with Crippen LogP contribution in [0.25, 0.3) is 0 Å². The van der Waals surface area contributed by atoms with E-state index in [1.54, 1.807) is 13.0 Å². The van der Waals surface area contributed by atoms with E-state index in [9.17, 15) is 9.59 Å². The Morgan fingerprint density at radius 3 is 2.71 bits per heavy atom. The predicted molar refractivity (Wildman–Crippen MR) is 88.8 cm³/mol. The summed E-state index contributed by atoms with van der Waals surface area (Å²) >= 11 is 3.33. The summed E-state index contributed by atoms with van der Waals surface area (Å²) in [4.78, 5) is 26.7. The molecule has 0 aliphatic heterocycles. The summed E-state index contributed by atoms with van der Waals surface area (Å²) < 4.78 is 0.931. The molecule has 1 aromatic carbocycles. The van der Waals surface area contributed by atoms with E-state index in [0.717, 1.165) is 3.57 Å². The monoisotopic (exact) mass is 417 g/mol. The SMILES string of the molecule is CC(NC(=O)Nc1ccccc1I)c1nc(C(=O)O)cs1. The minimum absolute atomic E-state index is 0.0123. The zero-order valence-electron chi connectivity index (χ0n) is 11.0. The molecule has 0 spiro atoms. The van der Waals surface area contributed by atoms with Crippen LogP contribution in [0.2, 0.25) is 0 Å². The minimum Gasteiger partial charge on any atom is -0.476 e. The highest BCUT2D eigenvalue weighted by Gasteiger charge is 2.16. The van der Waals surface area contributed by atoms with Gasteiger partial charge in [0.2, 0.25) is 0 Å². The van der Waals surface area contributed by atoms with Crippen LogP contribution in [-0.4, -0.2) is 22.1 Å². The van der Waals surface area contributed by atoms with E-state index in [0.29, 0.717) is 10.7 Å². The van der Waals surface area contributed by atoms with E-state index in [2.05, 4.69) is 38.2 Å². The molecule has 3 N–H and O–H groups in total. The van der Waals surface area contributed by atoms with Gasteiger partial charge in [0.25, 0.3) is 0 Å². The van der Waals surface area contributed by atoms with Crippen molar-refractivity contribution in [3.8, 4) is 0 Å². The fraction of sp³-hybridized carbons (Fsp3) is 0.154. The van der Waals surface area contributed by atoms with Crippen LogP contribution in [0.3, 0.4) is 0 Å². The number of para-hydroxylation sites is 1. The average Bonchev–Trinajstić information content (AvgIpc) is 2.91. The number of aromatic carboxylic acids is 1. The van der Waals surface area contributed by atoms with Gasteiger partial charge in [0.05, 0.1) is 11.7 Å². The lowest BCUT2D eigenvalue weighted by molar-refractivity contribution is 0.0691. The van der Waals surface area contributed by atoms with Crippen LogP contribution in [0.1, 0.15) is 28.5 Å². The van der Waals surface area contributed by atoms with Crippen LogP contribution < -0.4 is 10.6 Å². The maximum Gasteiger partial charge on any atom is 0.355 e. The van der Waals surface area contributed by atoms with Gasteiger partial charge in [0.15, 0.2) is 5.69 Å². The molecular formula is C13H12IN3O3S. The summed E-state index contributed by atoms with van der Waals surface area (Å²) in [5, 5.41) is 16.3. The third-order valence-corrected chi connectivity index (χ3v) is 4.55. The van der Waals surface area contributed by atoms with Gasteiger partial charge in [0, 0.05) is 8.95 Å². The molecule has 0 saturated heterocycles. The van der Waals surface area contributed by atoms with E-state index in [1.165, 1.54) is 16.7 Å². The first kappa shape index (κ1) is 15.7. The van der Waals surface area contributed by atoms with E-state index >= 15 is 0 Å². The van der Waals surface area contributed by atoms with Gasteiger partial charge in [0.1, 0.15) is 5.01 Å². The first-order valence-corrected chi connectivity index (χ1v) is 7.94. The van der Waals surface area contributed by atoms with Crippen molar-refractivity contribution in [2.45, 2.75) is 13.0 Å². The number of hydrogen-bond acceptors (Lipinski definition) is 4. The van der Waals surface area contributed by atoms with Gasteiger partial charge in [-0.2, -0.15) is 0 Å². The van der Waals surface area contributed by atoms with Crippen molar-refractivity contribution in [3.63, 3.8) is 0 Å². The van der Waals surface area contributed by atoms with Crippen molar-refractivity contribution in [3.05, 3.63) is 43.9 Å². The molecule has 0 aliphatic carbocycles. The number of carboxylic acid groups (broad SMARTS) is 1. The fourth-order valence-electron chi connectivity index (χ4n) is 1.56. The largest absolute Gasteiger partial charge is 0.476 e. The van der Waals surface area contributed by atoms with E-state index in [-0.39, 0.29) is 17.8 Å². The van der Waals surface area contributed by atoms with Crippen LogP contribution in [0.15, 0.2) is 29.6 Å². The molecule has 1 atom stereocenters. The number of carboxylic acids is 1. The number of aromatic nitrogens is 1. The van der Waals surface area contributed by atoms with Gasteiger partial charge < -0.3 is 15.7 Å². The zero-order valence-corrected chi connectivity index (χ0v) is 13.9. The molecular weight excluding hydrogens is 405 g/mol. The standard InChI is InChI=1S/C13H12IN3O3S/c1-7(11-16-10(6-21-11)12(18)19)15-13(20)17-9-5-3-2-4-8(9)14/h2-7H,1H3,(H,18,19)(H2,15,17,20). The number of nitrogens with one attached hydrogen (secondary N) is 2. The molecule has 0 fully saturated rings. The maximum absolute atomic E-state index is 11.9. The number of hydrogen-bond donors (Lipinski definition) is 3. The van der Waals surface area contributed by atoms with Crippen molar-refractivity contribution >= 4 is 51.6 Å². The number of nitrogens with zero attached hydrogens (tertiary/aromatic N) is 1. The van der Waals surface area contributed by atoms with Crippen LogP contribution in [0.4, 0.5) is 10.5 Å². The second-order valence-electron chi connectivity index (χ2n) is 4.18. The molecule has 2 rings (SSSR count). The summed E-state index contributed by atoms with van der Waals surface area (Å²) in [6, 6.07) is 6.68. The molecule has 110 valence electrons. The zero-order chi connectivity index (χ0) is 15.4. The Bertz CT molecular complexity index is 674. The van der Waals surface area contributed by atoms with Crippen LogP contribution in [-0.2, 0) is 0 Å². The van der Waals surface area contributed by atoms with Gasteiger partial charge >= 0.3 is 12.0 Å². The summed E-state index contributed by atoms with van der Waals surface area (Å²) in [6.45, 7) is 1.75. The normalized spacial score (nSPS) is 11.7. The first-order chi connectivity index (χ1) is 9.97. The van der Waals surface area contributed by atoms with Gasteiger partial charge in [-0.15, -0.1) is 11.3 Å². The quantitative estimate of drug-likeness (QED) is 0.666. The van der Waals surface area contributed by atoms with Gasteiger partial charge in [-0.05, 0) is 41.6 Å². The summed E-state index contributed by atoms with van der Waals surface area (Å²) in [7, 11) is 0. The highest BCUT2D eigenvalue weighted by molar-refractivity contribution is 14.1. The second kappa shape index (κ2) is 6.85. The molecule has 21 heavy (non-hydrogen) atoms. The molecule has 0 radical (unpaired) electrons. The Kier molecular flexibility index (Phi) is 5.12. The lowest BCUT2D eigenvalue weighted by Gasteiger charge is -2.13. The van der Waals surface area contributed by atoms with E-state index in [4.69, 9.17) is 5.11 Å². The maximum atomic E-state index is 11.9. The van der Waals surface area contributed by atoms with Crippen LogP contribution in [0, 0.1) is 3.57 Å². The number of thiazole rings is 1. The third-order valence-electron chi connectivity index (χ3n) is 2.58. The van der Waals surface area contributed by atoms with E-state index in [1.807, 2.05) is 18.2 Å². The lowest BCUT2D eigenvalue weighted by Crippen LogP contribution is -2.31. The summed E-state index contributed by atoms with van der Waals surface area (Å²) in [6.07, 6.45) is 0. The first-order valence-electron chi connectivity index (χ1n) is 5.98. The summed E-state index contributed by atoms with van der Waals surface area (Å²) in [5.74, 6) is -1.08. The molecule has 6 nitrogen and oxygen atoms in total. The highest BCUT2D eigenvalue weighted by Crippen LogP contribution is 2.19. The Morgan fingerprint density at radius 2 is 2.10 bits per heavy atom. The molecule has 0 bridgehead atoms. The number of halogens is 1. The number of amides is 2. The fourth-order valence-corrected chi connectivity index (χ4v) is 2.89. The Labute approximate surface area is 138 Å². The van der Waals surface area contributed by atoms with Gasteiger partial charge in [-0.1, -0.05) is 12.1 Å². The van der Waals surface area contributed by atoms with Crippen molar-refractivity contribution in [1.29, 1.82) is 0 Å². The Morgan fingerprint density at radius 1 is 1.38 bits per heavy atom. The molecule has 2 amide bonds. The lowest BCUT2D eigenvalue weighted by atomic mass is 10.3. The molecule has 0 aliphatic rings. The van der Waals surface area contributed by atoms with Gasteiger partial charge in [-0.3, -0.25) is 0 Å². The topological polar surface area (TPSA) is 91.3 Å². The predicted octanol–water partition coefficient (Wildman–Crippen LogP) is 3.33. The van der Waals surface area contributed by atoms with Crippen molar-refractivity contribution in [1.82, 2.24) is 10.3 Å². The van der Waals surface area contributed by atoms with Crippen molar-refractivity contribution in [2.75, 3.05) is 5.32 Å². The molecule has 1 unspecified atom stereocenters. The minimum atomic E-state index is -1.08. The van der Waals surface area contributed by atoms with E-state index < -0.39 is 5.97 Å². The molecule has 8 heteroatoms. The smallest absolute Gasteiger partial charge is 0.355 e. The molecule has 0 saturated carbocycles. The number of carbonyl (C=O) groups is 2. The average molecular weight is 417 g/mol. The summed E-state index contributed by atoms with van der Waals surface area (Å²) in [5.41, 5.74) is 0.704. The Balaban J connectivity index is 1.98. The second-order valence-corrected chi connectivity index (χ2v) is 6.23. The number of urea groups is 1. The molecule has 1 heterocycles. The van der Waals surface area contributed by atoms with Crippen molar-refractivity contribution < 1.29 is 14.7 Å². The number of rotatable bonds is 4. The Hall–Kier alpha value is -1.68. The van der Waals surface area contributed by atoms with Crippen molar-refractivity contribution in [2.24, 2.45) is 0 Å². The van der Waals surface area contributed by atoms with Crippen LogP contribution in [0.5, 0.6) is 0 Å². The molecule has 1 aromatic heterocycles. The third kappa shape index (κ3) is 4.14. The molecule has 2 aromatic rings. The van der Waals surface area contributed by atoms with Crippen LogP contribution >= 0.6 is 33.9 Å². The number of anilines is 1. The van der Waals surface area contributed by atoms with Gasteiger partial charge in [-0.25, -0.2) is 14.6 Å².